The van der Waals surface area contributed by atoms with Crippen molar-refractivity contribution in [1.82, 2.24) is 5.32 Å². The molecule has 1 aromatic rings. The van der Waals surface area contributed by atoms with Gasteiger partial charge in [0.05, 0.1) is 10.8 Å². The van der Waals surface area contributed by atoms with E-state index >= 15 is 0 Å². The van der Waals surface area contributed by atoms with Gasteiger partial charge in [0.2, 0.25) is 0 Å². The Morgan fingerprint density at radius 2 is 2.05 bits per heavy atom. The number of aliphatic hydroxyl groups is 1. The number of nitrogens with one attached hydrogen (secondary N) is 1. The standard InChI is InChI=1S/C13H19Cl2NO4S/c1-9(8-21(2,18)19)16-6-11(17)7-20-13-5-10(14)3-4-12(13)15/h3-5,9,11,16-17H,6-8H2,1-2H3. The zero-order chi connectivity index (χ0) is 16.0. The molecule has 0 bridgehead atoms. The van der Waals surface area contributed by atoms with Gasteiger partial charge in [-0.3, -0.25) is 0 Å². The molecular formula is C13H19Cl2NO4S. The third-order valence-corrected chi connectivity index (χ3v) is 4.23. The average molecular weight is 356 g/mol. The molecular weight excluding hydrogens is 337 g/mol. The second kappa shape index (κ2) is 8.19. The van der Waals surface area contributed by atoms with Gasteiger partial charge in [0.1, 0.15) is 28.3 Å². The van der Waals surface area contributed by atoms with Crippen LogP contribution in [-0.2, 0) is 9.84 Å². The summed E-state index contributed by atoms with van der Waals surface area (Å²) in [5.41, 5.74) is 0. The first-order chi connectivity index (χ1) is 9.67. The molecule has 5 nitrogen and oxygen atoms in total. The number of hydrogen-bond donors (Lipinski definition) is 2. The van der Waals surface area contributed by atoms with Crippen molar-refractivity contribution in [2.24, 2.45) is 0 Å². The van der Waals surface area contributed by atoms with E-state index in [1.54, 1.807) is 25.1 Å². The van der Waals surface area contributed by atoms with Crippen molar-refractivity contribution in [3.05, 3.63) is 28.2 Å². The molecule has 0 heterocycles. The van der Waals surface area contributed by atoms with E-state index in [-0.39, 0.29) is 24.9 Å². The van der Waals surface area contributed by atoms with Gasteiger partial charge in [-0.2, -0.15) is 0 Å². The van der Waals surface area contributed by atoms with Crippen LogP contribution in [0.2, 0.25) is 10.0 Å². The molecule has 0 spiro atoms. The summed E-state index contributed by atoms with van der Waals surface area (Å²) < 4.78 is 27.6. The molecule has 0 saturated heterocycles. The predicted octanol–water partition coefficient (Wildman–Crippen LogP) is 1.76. The van der Waals surface area contributed by atoms with E-state index < -0.39 is 15.9 Å². The topological polar surface area (TPSA) is 75.6 Å². The second-order valence-corrected chi connectivity index (χ2v) is 7.97. The Balaban J connectivity index is 2.37. The molecule has 0 aliphatic carbocycles. The number of rotatable bonds is 8. The van der Waals surface area contributed by atoms with Crippen LogP contribution >= 0.6 is 23.2 Å². The molecule has 2 unspecified atom stereocenters. The molecule has 120 valence electrons. The molecule has 0 aliphatic heterocycles. The molecule has 0 amide bonds. The van der Waals surface area contributed by atoms with Crippen molar-refractivity contribution >= 4 is 33.0 Å². The molecule has 2 atom stereocenters. The lowest BCUT2D eigenvalue weighted by Crippen LogP contribution is -2.39. The lowest BCUT2D eigenvalue weighted by Gasteiger charge is -2.17. The van der Waals surface area contributed by atoms with Gasteiger partial charge in [0.15, 0.2) is 0 Å². The molecule has 0 saturated carbocycles. The molecule has 1 rings (SSSR count). The number of ether oxygens (including phenoxy) is 1. The highest BCUT2D eigenvalue weighted by atomic mass is 35.5. The fourth-order valence-corrected chi connectivity index (χ4v) is 3.04. The van der Waals surface area contributed by atoms with Crippen molar-refractivity contribution in [3.63, 3.8) is 0 Å². The number of hydrogen-bond acceptors (Lipinski definition) is 5. The maximum absolute atomic E-state index is 11.1. The highest BCUT2D eigenvalue weighted by Crippen LogP contribution is 2.27. The highest BCUT2D eigenvalue weighted by molar-refractivity contribution is 7.90. The number of benzene rings is 1. The Hall–Kier alpha value is -0.530. The van der Waals surface area contributed by atoms with Crippen molar-refractivity contribution in [2.75, 3.05) is 25.2 Å². The van der Waals surface area contributed by atoms with Crippen LogP contribution in [0.1, 0.15) is 6.92 Å². The second-order valence-electron chi connectivity index (χ2n) is 4.94. The summed E-state index contributed by atoms with van der Waals surface area (Å²) in [6, 6.07) is 4.57. The number of halogens is 2. The molecule has 0 radical (unpaired) electrons. The van der Waals surface area contributed by atoms with Crippen molar-refractivity contribution in [1.29, 1.82) is 0 Å². The van der Waals surface area contributed by atoms with Gasteiger partial charge >= 0.3 is 0 Å². The summed E-state index contributed by atoms with van der Waals surface area (Å²) in [6.07, 6.45) is 0.383. The zero-order valence-corrected chi connectivity index (χ0v) is 14.2. The monoisotopic (exact) mass is 355 g/mol. The average Bonchev–Trinajstić information content (AvgIpc) is 2.35. The van der Waals surface area contributed by atoms with E-state index in [4.69, 9.17) is 27.9 Å². The van der Waals surface area contributed by atoms with Gasteiger partial charge in [-0.1, -0.05) is 23.2 Å². The Labute approximate surface area is 135 Å². The maximum Gasteiger partial charge on any atom is 0.148 e. The van der Waals surface area contributed by atoms with Crippen LogP contribution in [0, 0.1) is 0 Å². The molecule has 0 fully saturated rings. The Morgan fingerprint density at radius 1 is 1.38 bits per heavy atom. The molecule has 0 aliphatic rings. The van der Waals surface area contributed by atoms with Crippen molar-refractivity contribution < 1.29 is 18.3 Å². The first kappa shape index (κ1) is 18.5. The quantitative estimate of drug-likeness (QED) is 0.742. The maximum atomic E-state index is 11.1. The van der Waals surface area contributed by atoms with Gasteiger partial charge < -0.3 is 15.2 Å². The van der Waals surface area contributed by atoms with Crippen LogP contribution in [0.15, 0.2) is 18.2 Å². The summed E-state index contributed by atoms with van der Waals surface area (Å²) in [5, 5.41) is 13.6. The van der Waals surface area contributed by atoms with Crippen LogP contribution in [0.3, 0.4) is 0 Å². The molecule has 0 aromatic heterocycles. The van der Waals surface area contributed by atoms with Gasteiger partial charge in [0.25, 0.3) is 0 Å². The van der Waals surface area contributed by atoms with E-state index in [1.807, 2.05) is 0 Å². The van der Waals surface area contributed by atoms with Gasteiger partial charge in [-0.25, -0.2) is 8.42 Å². The van der Waals surface area contributed by atoms with E-state index in [0.717, 1.165) is 0 Å². The third-order valence-electron chi connectivity index (χ3n) is 2.58. The minimum atomic E-state index is -3.04. The summed E-state index contributed by atoms with van der Waals surface area (Å²) in [7, 11) is -3.04. The van der Waals surface area contributed by atoms with E-state index in [1.165, 1.54) is 6.26 Å². The first-order valence-corrected chi connectivity index (χ1v) is 9.16. The zero-order valence-electron chi connectivity index (χ0n) is 11.8. The van der Waals surface area contributed by atoms with Crippen molar-refractivity contribution in [3.8, 4) is 5.75 Å². The third kappa shape index (κ3) is 7.87. The fraction of sp³-hybridized carbons (Fsp3) is 0.538. The molecule has 1 aromatic carbocycles. The first-order valence-electron chi connectivity index (χ1n) is 6.34. The summed E-state index contributed by atoms with van der Waals surface area (Å²) in [4.78, 5) is 0. The summed E-state index contributed by atoms with van der Waals surface area (Å²) >= 11 is 11.8. The van der Waals surface area contributed by atoms with E-state index in [0.29, 0.717) is 15.8 Å². The van der Waals surface area contributed by atoms with Crippen LogP contribution in [-0.4, -0.2) is 50.8 Å². The van der Waals surface area contributed by atoms with E-state index in [2.05, 4.69) is 5.32 Å². The minimum Gasteiger partial charge on any atom is -0.489 e. The summed E-state index contributed by atoms with van der Waals surface area (Å²) in [5.74, 6) is 0.410. The van der Waals surface area contributed by atoms with Gasteiger partial charge in [-0.15, -0.1) is 0 Å². The van der Waals surface area contributed by atoms with Crippen LogP contribution in [0.4, 0.5) is 0 Å². The normalized spacial score (nSPS) is 14.7. The SMILES string of the molecule is CC(CS(C)(=O)=O)NCC(O)COc1cc(Cl)ccc1Cl. The summed E-state index contributed by atoms with van der Waals surface area (Å²) in [6.45, 7) is 1.98. The van der Waals surface area contributed by atoms with Crippen molar-refractivity contribution in [2.45, 2.75) is 19.1 Å². The van der Waals surface area contributed by atoms with Crippen LogP contribution < -0.4 is 10.1 Å². The molecule has 2 N–H and O–H groups in total. The molecule has 8 heteroatoms. The Bertz CT molecular complexity index is 565. The fourth-order valence-electron chi connectivity index (χ4n) is 1.68. The Kier molecular flexibility index (Phi) is 7.23. The van der Waals surface area contributed by atoms with E-state index in [9.17, 15) is 13.5 Å². The van der Waals surface area contributed by atoms with Crippen LogP contribution in [0.25, 0.3) is 0 Å². The largest absolute Gasteiger partial charge is 0.489 e. The number of aliphatic hydroxyl groups excluding tert-OH is 1. The highest BCUT2D eigenvalue weighted by Gasteiger charge is 2.13. The van der Waals surface area contributed by atoms with Gasteiger partial charge in [0, 0.05) is 29.9 Å². The van der Waals surface area contributed by atoms with Crippen LogP contribution in [0.5, 0.6) is 5.75 Å². The Morgan fingerprint density at radius 3 is 2.67 bits per heavy atom. The smallest absolute Gasteiger partial charge is 0.148 e. The molecule has 21 heavy (non-hydrogen) atoms. The van der Waals surface area contributed by atoms with Gasteiger partial charge in [-0.05, 0) is 19.1 Å². The minimum absolute atomic E-state index is 0.0146. The lowest BCUT2D eigenvalue weighted by molar-refractivity contribution is 0.105. The lowest BCUT2D eigenvalue weighted by atomic mass is 10.3. The predicted molar refractivity (Wildman–Crippen MR) is 85.1 cm³/mol. The number of sulfone groups is 1.